The van der Waals surface area contributed by atoms with Gasteiger partial charge in [-0.2, -0.15) is 0 Å². The van der Waals surface area contributed by atoms with Gasteiger partial charge in [-0.15, -0.1) is 0 Å². The second-order valence-electron chi connectivity index (χ2n) is 4.75. The zero-order chi connectivity index (χ0) is 13.1. The number of hydrogen-bond donors (Lipinski definition) is 3. The Morgan fingerprint density at radius 1 is 1.53 bits per heavy atom. The van der Waals surface area contributed by atoms with E-state index >= 15 is 0 Å². The highest BCUT2D eigenvalue weighted by Gasteiger charge is 2.32. The van der Waals surface area contributed by atoms with Crippen LogP contribution >= 0.6 is 0 Å². The zero-order valence-electron chi connectivity index (χ0n) is 10.3. The van der Waals surface area contributed by atoms with E-state index in [0.717, 1.165) is 19.8 Å². The Morgan fingerprint density at radius 2 is 2.18 bits per heavy atom. The molecule has 3 N–H and O–H groups in total. The lowest BCUT2D eigenvalue weighted by molar-refractivity contribution is -0.155. The van der Waals surface area contributed by atoms with Gasteiger partial charge in [0, 0.05) is 13.1 Å². The van der Waals surface area contributed by atoms with Crippen molar-refractivity contribution in [3.63, 3.8) is 0 Å². The second-order valence-corrected chi connectivity index (χ2v) is 4.75. The molecule has 0 aromatic rings. The molecule has 6 heteroatoms. The normalized spacial score (nSPS) is 23.2. The number of urea groups is 1. The summed E-state index contributed by atoms with van der Waals surface area (Å²) >= 11 is 0. The van der Waals surface area contributed by atoms with Gasteiger partial charge in [0.25, 0.3) is 0 Å². The van der Waals surface area contributed by atoms with Gasteiger partial charge in [-0.25, -0.2) is 9.59 Å². The van der Waals surface area contributed by atoms with E-state index in [2.05, 4.69) is 12.2 Å². The minimum absolute atomic E-state index is 0.283. The maximum Gasteiger partial charge on any atom is 0.337 e. The van der Waals surface area contributed by atoms with Crippen LogP contribution in [0.15, 0.2) is 0 Å². The minimum atomic E-state index is -1.92. The largest absolute Gasteiger partial charge is 0.479 e. The van der Waals surface area contributed by atoms with Gasteiger partial charge >= 0.3 is 12.0 Å². The smallest absolute Gasteiger partial charge is 0.337 e. The number of carboxylic acids is 1. The molecule has 1 rings (SSSR count). The summed E-state index contributed by atoms with van der Waals surface area (Å²) in [4.78, 5) is 24.0. The van der Waals surface area contributed by atoms with E-state index in [0.29, 0.717) is 19.0 Å². The molecule has 98 valence electrons. The lowest BCUT2D eigenvalue weighted by Crippen LogP contribution is -2.49. The van der Waals surface area contributed by atoms with Crippen molar-refractivity contribution < 1.29 is 19.8 Å². The number of aliphatic carboxylic acids is 1. The summed E-state index contributed by atoms with van der Waals surface area (Å²) in [6.07, 6.45) is 2.02. The van der Waals surface area contributed by atoms with Crippen LogP contribution in [-0.4, -0.2) is 52.3 Å². The molecule has 1 saturated heterocycles. The third kappa shape index (κ3) is 3.59. The van der Waals surface area contributed by atoms with Gasteiger partial charge in [-0.05, 0) is 19.3 Å². The van der Waals surface area contributed by atoms with Crippen LogP contribution in [0, 0.1) is 5.92 Å². The lowest BCUT2D eigenvalue weighted by Gasteiger charge is -2.22. The molecule has 0 spiro atoms. The zero-order valence-corrected chi connectivity index (χ0v) is 10.3. The molecule has 1 fully saturated rings. The molecule has 0 aromatic heterocycles. The Bertz CT molecular complexity index is 304. The van der Waals surface area contributed by atoms with Crippen molar-refractivity contribution in [2.24, 2.45) is 5.92 Å². The summed E-state index contributed by atoms with van der Waals surface area (Å²) in [6.45, 7) is 4.36. The van der Waals surface area contributed by atoms with Crippen LogP contribution in [0.4, 0.5) is 4.79 Å². The fourth-order valence-corrected chi connectivity index (χ4v) is 1.79. The average molecular weight is 244 g/mol. The molecule has 6 nitrogen and oxygen atoms in total. The monoisotopic (exact) mass is 244 g/mol. The number of carboxylic acid groups (broad SMARTS) is 1. The topological polar surface area (TPSA) is 89.9 Å². The molecular formula is C11H20N2O4. The summed E-state index contributed by atoms with van der Waals surface area (Å²) in [5, 5.41) is 20.6. The molecule has 1 aliphatic heterocycles. The van der Waals surface area contributed by atoms with E-state index < -0.39 is 11.6 Å². The highest BCUT2D eigenvalue weighted by atomic mass is 16.4. The third-order valence-corrected chi connectivity index (χ3v) is 3.19. The van der Waals surface area contributed by atoms with Crippen LogP contribution in [-0.2, 0) is 4.79 Å². The van der Waals surface area contributed by atoms with Gasteiger partial charge in [0.1, 0.15) is 0 Å². The predicted octanol–water partition coefficient (Wildman–Crippen LogP) is 0.263. The molecule has 2 amide bonds. The summed E-state index contributed by atoms with van der Waals surface area (Å²) in [5.74, 6) is -0.814. The maximum absolute atomic E-state index is 11.7. The number of amides is 2. The van der Waals surface area contributed by atoms with E-state index in [1.807, 2.05) is 0 Å². The molecule has 0 bridgehead atoms. The average Bonchev–Trinajstić information content (AvgIpc) is 2.74. The first kappa shape index (κ1) is 13.8. The molecule has 1 aliphatic rings. The van der Waals surface area contributed by atoms with Crippen LogP contribution in [0.1, 0.15) is 26.7 Å². The predicted molar refractivity (Wildman–Crippen MR) is 61.6 cm³/mol. The number of rotatable bonds is 4. The standard InChI is InChI=1S/C11H20N2O4/c1-3-8-4-5-13(6-8)10(16)12-7-11(2,17)9(14)15/h8,17H,3-7H2,1-2H3,(H,12,16)(H,14,15). The van der Waals surface area contributed by atoms with E-state index in [9.17, 15) is 14.7 Å². The number of hydrogen-bond acceptors (Lipinski definition) is 3. The van der Waals surface area contributed by atoms with Crippen molar-refractivity contribution in [1.82, 2.24) is 10.2 Å². The third-order valence-electron chi connectivity index (χ3n) is 3.19. The van der Waals surface area contributed by atoms with Gasteiger partial charge in [-0.3, -0.25) is 0 Å². The van der Waals surface area contributed by atoms with Crippen molar-refractivity contribution in [2.75, 3.05) is 19.6 Å². The minimum Gasteiger partial charge on any atom is -0.479 e. The number of likely N-dealkylation sites (tertiary alicyclic amines) is 1. The Balaban J connectivity index is 2.38. The molecule has 0 aromatic carbocycles. The number of carbonyl (C=O) groups excluding carboxylic acids is 1. The maximum atomic E-state index is 11.7. The van der Waals surface area contributed by atoms with Crippen LogP contribution < -0.4 is 5.32 Å². The van der Waals surface area contributed by atoms with E-state index in [-0.39, 0.29) is 12.6 Å². The van der Waals surface area contributed by atoms with Crippen molar-refractivity contribution in [3.05, 3.63) is 0 Å². The fraction of sp³-hybridized carbons (Fsp3) is 0.818. The number of aliphatic hydroxyl groups is 1. The Kier molecular flexibility index (Phi) is 4.34. The van der Waals surface area contributed by atoms with Crippen molar-refractivity contribution >= 4 is 12.0 Å². The van der Waals surface area contributed by atoms with Gasteiger partial charge in [0.15, 0.2) is 5.60 Å². The second kappa shape index (κ2) is 5.35. The molecular weight excluding hydrogens is 224 g/mol. The molecule has 0 aliphatic carbocycles. The Hall–Kier alpha value is -1.30. The van der Waals surface area contributed by atoms with Crippen molar-refractivity contribution in [2.45, 2.75) is 32.3 Å². The van der Waals surface area contributed by atoms with Crippen LogP contribution in [0.25, 0.3) is 0 Å². The summed E-state index contributed by atoms with van der Waals surface area (Å²) in [7, 11) is 0. The van der Waals surface area contributed by atoms with E-state index in [1.165, 1.54) is 0 Å². The fourth-order valence-electron chi connectivity index (χ4n) is 1.79. The van der Waals surface area contributed by atoms with E-state index in [1.54, 1.807) is 4.90 Å². The first-order valence-electron chi connectivity index (χ1n) is 5.85. The molecule has 0 saturated carbocycles. The summed E-state index contributed by atoms with van der Waals surface area (Å²) in [6, 6.07) is -0.303. The number of carbonyl (C=O) groups is 2. The molecule has 1 heterocycles. The number of nitrogens with zero attached hydrogens (tertiary/aromatic N) is 1. The summed E-state index contributed by atoms with van der Waals surface area (Å²) in [5.41, 5.74) is -1.92. The first-order chi connectivity index (χ1) is 7.86. The first-order valence-corrected chi connectivity index (χ1v) is 5.85. The van der Waals surface area contributed by atoms with Gasteiger partial charge in [-0.1, -0.05) is 13.3 Å². The Morgan fingerprint density at radius 3 is 2.65 bits per heavy atom. The highest BCUT2D eigenvalue weighted by molar-refractivity contribution is 5.79. The van der Waals surface area contributed by atoms with Crippen molar-refractivity contribution in [1.29, 1.82) is 0 Å². The van der Waals surface area contributed by atoms with Crippen molar-refractivity contribution in [3.8, 4) is 0 Å². The van der Waals surface area contributed by atoms with Crippen LogP contribution in [0.2, 0.25) is 0 Å². The molecule has 2 atom stereocenters. The number of nitrogens with one attached hydrogen (secondary N) is 1. The van der Waals surface area contributed by atoms with Gasteiger partial charge in [0.2, 0.25) is 0 Å². The van der Waals surface area contributed by atoms with Crippen LogP contribution in [0.5, 0.6) is 0 Å². The highest BCUT2D eigenvalue weighted by Crippen LogP contribution is 2.18. The SMILES string of the molecule is CCC1CCN(C(=O)NCC(C)(O)C(=O)O)C1. The molecule has 0 radical (unpaired) electrons. The van der Waals surface area contributed by atoms with Crippen LogP contribution in [0.3, 0.4) is 0 Å². The lowest BCUT2D eigenvalue weighted by atomic mass is 10.1. The summed E-state index contributed by atoms with van der Waals surface area (Å²) < 4.78 is 0. The molecule has 17 heavy (non-hydrogen) atoms. The molecule has 2 unspecified atom stereocenters. The van der Waals surface area contributed by atoms with E-state index in [4.69, 9.17) is 5.11 Å². The van der Waals surface area contributed by atoms with Gasteiger partial charge < -0.3 is 20.4 Å². The Labute approximate surface area is 101 Å². The van der Waals surface area contributed by atoms with Gasteiger partial charge in [0.05, 0.1) is 6.54 Å². The quantitative estimate of drug-likeness (QED) is 0.662.